The van der Waals surface area contributed by atoms with Gasteiger partial charge >= 0.3 is 0 Å². The maximum Gasteiger partial charge on any atom is 0.243 e. The number of aromatic nitrogens is 1. The van der Waals surface area contributed by atoms with E-state index in [1.54, 1.807) is 0 Å². The van der Waals surface area contributed by atoms with Crippen LogP contribution in [-0.2, 0) is 9.59 Å². The van der Waals surface area contributed by atoms with Crippen LogP contribution in [-0.4, -0.2) is 71.4 Å². The van der Waals surface area contributed by atoms with Gasteiger partial charge in [0.25, 0.3) is 0 Å². The van der Waals surface area contributed by atoms with E-state index in [-0.39, 0.29) is 17.9 Å². The summed E-state index contributed by atoms with van der Waals surface area (Å²) in [5, 5.41) is 8.51. The molecule has 0 aliphatic carbocycles. The van der Waals surface area contributed by atoms with E-state index >= 15 is 0 Å². The standard InChI is InChI=1S/C17H27N5O2S/c1-12-11-25-16(19-12)20-14(23)13(2)22-9-5-17(6-10-22)15(24)18-7-4-8-21(17)3/h11,13H,4-10H2,1-3H3,(H,18,24)(H,19,20,23). The van der Waals surface area contributed by atoms with E-state index in [9.17, 15) is 9.59 Å². The third-order valence-electron chi connectivity index (χ3n) is 5.51. The van der Waals surface area contributed by atoms with Crippen molar-refractivity contribution >= 4 is 28.3 Å². The number of amides is 2. The molecule has 2 fully saturated rings. The summed E-state index contributed by atoms with van der Waals surface area (Å²) in [6.45, 7) is 6.99. The van der Waals surface area contributed by atoms with E-state index in [2.05, 4.69) is 25.4 Å². The number of nitrogens with one attached hydrogen (secondary N) is 2. The summed E-state index contributed by atoms with van der Waals surface area (Å²) in [6, 6.07) is -0.235. The second-order valence-corrected chi connectivity index (χ2v) is 7.92. The van der Waals surface area contributed by atoms with E-state index in [1.807, 2.05) is 26.3 Å². The fourth-order valence-electron chi connectivity index (χ4n) is 3.75. The van der Waals surface area contributed by atoms with Gasteiger partial charge in [0.05, 0.1) is 11.7 Å². The quantitative estimate of drug-likeness (QED) is 0.838. The fourth-order valence-corrected chi connectivity index (χ4v) is 4.44. The van der Waals surface area contributed by atoms with Gasteiger partial charge < -0.3 is 10.6 Å². The summed E-state index contributed by atoms with van der Waals surface area (Å²) in [5.74, 6) is 0.103. The second kappa shape index (κ2) is 7.39. The molecule has 0 bridgehead atoms. The van der Waals surface area contributed by atoms with E-state index in [4.69, 9.17) is 0 Å². The highest BCUT2D eigenvalue weighted by Gasteiger charge is 2.46. The molecule has 0 radical (unpaired) electrons. The zero-order chi connectivity index (χ0) is 18.0. The summed E-state index contributed by atoms with van der Waals surface area (Å²) in [6.07, 6.45) is 2.49. The predicted octanol–water partition coefficient (Wildman–Crippen LogP) is 1.06. The number of aryl methyl sites for hydroxylation is 1. The molecule has 25 heavy (non-hydrogen) atoms. The van der Waals surface area contributed by atoms with E-state index in [1.165, 1.54) is 11.3 Å². The first kappa shape index (κ1) is 18.3. The second-order valence-electron chi connectivity index (χ2n) is 7.06. The number of piperidine rings is 1. The molecule has 2 aliphatic heterocycles. The van der Waals surface area contributed by atoms with Crippen LogP contribution in [0.5, 0.6) is 0 Å². The highest BCUT2D eigenvalue weighted by Crippen LogP contribution is 2.30. The first-order chi connectivity index (χ1) is 11.9. The number of likely N-dealkylation sites (N-methyl/N-ethyl adjacent to an activating group) is 1. The summed E-state index contributed by atoms with van der Waals surface area (Å²) < 4.78 is 0. The lowest BCUT2D eigenvalue weighted by molar-refractivity contribution is -0.135. The van der Waals surface area contributed by atoms with Gasteiger partial charge in [-0.15, -0.1) is 11.3 Å². The number of nitrogens with zero attached hydrogens (tertiary/aromatic N) is 3. The topological polar surface area (TPSA) is 77.6 Å². The Morgan fingerprint density at radius 1 is 1.40 bits per heavy atom. The van der Waals surface area contributed by atoms with Gasteiger partial charge in [-0.1, -0.05) is 0 Å². The number of hydrogen-bond donors (Lipinski definition) is 2. The third-order valence-corrected chi connectivity index (χ3v) is 6.39. The molecule has 7 nitrogen and oxygen atoms in total. The zero-order valence-electron chi connectivity index (χ0n) is 15.2. The molecule has 1 atom stereocenters. The van der Waals surface area contributed by atoms with Crippen LogP contribution >= 0.6 is 11.3 Å². The molecular weight excluding hydrogens is 338 g/mol. The number of hydrogen-bond acceptors (Lipinski definition) is 6. The molecule has 1 aromatic heterocycles. The molecule has 0 aromatic carbocycles. The van der Waals surface area contributed by atoms with Crippen LogP contribution in [0.4, 0.5) is 5.13 Å². The van der Waals surface area contributed by atoms with Gasteiger partial charge in [0, 0.05) is 31.6 Å². The van der Waals surface area contributed by atoms with Gasteiger partial charge in [-0.3, -0.25) is 19.4 Å². The minimum absolute atomic E-state index is 0.0380. The lowest BCUT2D eigenvalue weighted by Crippen LogP contribution is -2.62. The van der Waals surface area contributed by atoms with Crippen LogP contribution in [0.1, 0.15) is 31.9 Å². The smallest absolute Gasteiger partial charge is 0.243 e. The van der Waals surface area contributed by atoms with Gasteiger partial charge in [0.2, 0.25) is 11.8 Å². The molecule has 1 spiro atoms. The Bertz CT molecular complexity index is 639. The molecule has 1 unspecified atom stereocenters. The molecule has 3 heterocycles. The molecule has 2 N–H and O–H groups in total. The summed E-state index contributed by atoms with van der Waals surface area (Å²) in [7, 11) is 2.04. The van der Waals surface area contributed by atoms with Gasteiger partial charge in [-0.25, -0.2) is 4.98 Å². The van der Waals surface area contributed by atoms with E-state index < -0.39 is 5.54 Å². The number of likely N-dealkylation sites (tertiary alicyclic amines) is 1. The van der Waals surface area contributed by atoms with Crippen molar-refractivity contribution in [2.24, 2.45) is 0 Å². The van der Waals surface area contributed by atoms with E-state index in [0.717, 1.165) is 51.1 Å². The minimum atomic E-state index is -0.421. The first-order valence-electron chi connectivity index (χ1n) is 8.89. The molecule has 2 amide bonds. The Labute approximate surface area is 152 Å². The fraction of sp³-hybridized carbons (Fsp3) is 0.706. The SMILES string of the molecule is Cc1csc(NC(=O)C(C)N2CCC3(CC2)C(=O)NCCCN3C)n1. The van der Waals surface area contributed by atoms with Gasteiger partial charge in [-0.05, 0) is 40.2 Å². The Hall–Kier alpha value is -1.51. The summed E-state index contributed by atoms with van der Waals surface area (Å²) >= 11 is 1.44. The van der Waals surface area contributed by atoms with Gasteiger partial charge in [0.15, 0.2) is 5.13 Å². The highest BCUT2D eigenvalue weighted by atomic mass is 32.1. The number of thiazole rings is 1. The van der Waals surface area contributed by atoms with Crippen LogP contribution < -0.4 is 10.6 Å². The van der Waals surface area contributed by atoms with E-state index in [0.29, 0.717) is 5.13 Å². The lowest BCUT2D eigenvalue weighted by Gasteiger charge is -2.46. The minimum Gasteiger partial charge on any atom is -0.354 e. The Balaban J connectivity index is 1.61. The van der Waals surface area contributed by atoms with Gasteiger partial charge in [0.1, 0.15) is 5.54 Å². The number of rotatable bonds is 3. The number of carbonyl (C=O) groups is 2. The van der Waals surface area contributed by atoms with Crippen molar-refractivity contribution in [1.29, 1.82) is 0 Å². The average Bonchev–Trinajstić information content (AvgIpc) is 2.96. The lowest BCUT2D eigenvalue weighted by atomic mass is 9.84. The molecular formula is C17H27N5O2S. The van der Waals surface area contributed by atoms with Crippen molar-refractivity contribution in [3.63, 3.8) is 0 Å². The predicted molar refractivity (Wildman–Crippen MR) is 98.7 cm³/mol. The first-order valence-corrected chi connectivity index (χ1v) is 9.77. The monoisotopic (exact) mass is 365 g/mol. The van der Waals surface area contributed by atoms with Gasteiger partial charge in [-0.2, -0.15) is 0 Å². The molecule has 1 aromatic rings. The molecule has 2 saturated heterocycles. The Morgan fingerprint density at radius 3 is 2.76 bits per heavy atom. The largest absolute Gasteiger partial charge is 0.354 e. The number of carbonyl (C=O) groups excluding carboxylic acids is 2. The zero-order valence-corrected chi connectivity index (χ0v) is 16.0. The highest BCUT2D eigenvalue weighted by molar-refractivity contribution is 7.13. The normalized spacial score (nSPS) is 23.1. The third kappa shape index (κ3) is 3.70. The number of anilines is 1. The van der Waals surface area contributed by atoms with Crippen LogP contribution in [0.15, 0.2) is 5.38 Å². The van der Waals surface area contributed by atoms with Crippen molar-refractivity contribution in [1.82, 2.24) is 20.1 Å². The van der Waals surface area contributed by atoms with Crippen molar-refractivity contribution in [2.75, 3.05) is 38.5 Å². The average molecular weight is 366 g/mol. The molecule has 138 valence electrons. The maximum absolute atomic E-state index is 12.6. The van der Waals surface area contributed by atoms with Crippen molar-refractivity contribution in [3.8, 4) is 0 Å². The Kier molecular flexibility index (Phi) is 5.41. The summed E-state index contributed by atoms with van der Waals surface area (Å²) in [4.78, 5) is 33.7. The Morgan fingerprint density at radius 2 is 2.12 bits per heavy atom. The molecule has 0 saturated carbocycles. The van der Waals surface area contributed by atoms with Crippen LogP contribution in [0, 0.1) is 6.92 Å². The van der Waals surface area contributed by atoms with Crippen LogP contribution in [0.3, 0.4) is 0 Å². The maximum atomic E-state index is 12.6. The molecule has 3 rings (SSSR count). The molecule has 8 heteroatoms. The molecule has 2 aliphatic rings. The van der Waals surface area contributed by atoms with Crippen molar-refractivity contribution in [3.05, 3.63) is 11.1 Å². The summed E-state index contributed by atoms with van der Waals surface area (Å²) in [5.41, 5.74) is 0.491. The van der Waals surface area contributed by atoms with Crippen molar-refractivity contribution in [2.45, 2.75) is 44.7 Å². The van der Waals surface area contributed by atoms with Crippen molar-refractivity contribution < 1.29 is 9.59 Å². The van der Waals surface area contributed by atoms with Crippen LogP contribution in [0.25, 0.3) is 0 Å². The van der Waals surface area contributed by atoms with Crippen LogP contribution in [0.2, 0.25) is 0 Å².